The third-order valence-electron chi connectivity index (χ3n) is 1.69. The minimum atomic E-state index is -2.52. The molecule has 6 nitrogen and oxygen atoms in total. The van der Waals surface area contributed by atoms with Crippen LogP contribution in [0.3, 0.4) is 0 Å². The second-order valence-corrected chi connectivity index (χ2v) is 3.03. The van der Waals surface area contributed by atoms with Gasteiger partial charge in [0, 0.05) is 12.6 Å². The maximum Gasteiger partial charge on any atom is 0.271 e. The zero-order valence-corrected chi connectivity index (χ0v) is 8.78. The van der Waals surface area contributed by atoms with Crippen LogP contribution < -0.4 is 10.9 Å². The molecule has 1 rings (SSSR count). The number of ether oxygens (including phenoxy) is 1. The largest absolute Gasteiger partial charge is 0.374 e. The topological polar surface area (TPSA) is 84.1 Å². The molecule has 94 valence electrons. The van der Waals surface area contributed by atoms with Crippen molar-refractivity contribution in [2.45, 2.75) is 6.43 Å². The van der Waals surface area contributed by atoms with Crippen molar-refractivity contribution in [3.63, 3.8) is 0 Å². The first-order chi connectivity index (χ1) is 8.09. The van der Waals surface area contributed by atoms with E-state index in [4.69, 9.17) is 0 Å². The molecule has 17 heavy (non-hydrogen) atoms. The van der Waals surface area contributed by atoms with Crippen molar-refractivity contribution in [1.29, 1.82) is 0 Å². The number of aromatic amines is 1. The predicted molar refractivity (Wildman–Crippen MR) is 54.0 cm³/mol. The van der Waals surface area contributed by atoms with Crippen LogP contribution in [0.5, 0.6) is 0 Å². The van der Waals surface area contributed by atoms with Crippen LogP contribution in [0.4, 0.5) is 8.78 Å². The van der Waals surface area contributed by atoms with Crippen LogP contribution >= 0.6 is 0 Å². The zero-order chi connectivity index (χ0) is 12.7. The molecule has 0 spiro atoms. The molecule has 0 aliphatic rings. The number of nitrogens with one attached hydrogen (secondary N) is 2. The first-order valence-electron chi connectivity index (χ1n) is 4.79. The fourth-order valence-electron chi connectivity index (χ4n) is 0.971. The van der Waals surface area contributed by atoms with Crippen LogP contribution in [-0.2, 0) is 4.74 Å². The van der Waals surface area contributed by atoms with E-state index in [1.165, 1.54) is 6.07 Å². The molecule has 0 bridgehead atoms. The quantitative estimate of drug-likeness (QED) is 0.681. The second kappa shape index (κ2) is 6.69. The van der Waals surface area contributed by atoms with Crippen molar-refractivity contribution in [3.05, 3.63) is 28.2 Å². The van der Waals surface area contributed by atoms with Gasteiger partial charge in [0.05, 0.1) is 6.61 Å². The molecular formula is C9H11F2N3O3. The number of hydrogen-bond donors (Lipinski definition) is 2. The molecule has 0 atom stereocenters. The predicted octanol–water partition coefficient (Wildman–Crippen LogP) is -0.219. The average Bonchev–Trinajstić information content (AvgIpc) is 2.29. The highest BCUT2D eigenvalue weighted by Gasteiger charge is 2.06. The van der Waals surface area contributed by atoms with Crippen molar-refractivity contribution in [2.75, 3.05) is 19.8 Å². The van der Waals surface area contributed by atoms with E-state index >= 15 is 0 Å². The molecule has 0 unspecified atom stereocenters. The summed E-state index contributed by atoms with van der Waals surface area (Å²) in [6.45, 7) is -0.585. The van der Waals surface area contributed by atoms with E-state index in [-0.39, 0.29) is 18.8 Å². The molecule has 1 aromatic heterocycles. The van der Waals surface area contributed by atoms with E-state index in [0.717, 1.165) is 6.07 Å². The lowest BCUT2D eigenvalue weighted by atomic mass is 10.3. The Morgan fingerprint density at radius 3 is 2.88 bits per heavy atom. The molecular weight excluding hydrogens is 236 g/mol. The second-order valence-electron chi connectivity index (χ2n) is 3.03. The van der Waals surface area contributed by atoms with Gasteiger partial charge in [-0.1, -0.05) is 0 Å². The minimum Gasteiger partial charge on any atom is -0.374 e. The van der Waals surface area contributed by atoms with Crippen molar-refractivity contribution in [3.8, 4) is 0 Å². The zero-order valence-electron chi connectivity index (χ0n) is 8.78. The maximum atomic E-state index is 11.7. The first-order valence-corrected chi connectivity index (χ1v) is 4.79. The van der Waals surface area contributed by atoms with Crippen molar-refractivity contribution >= 4 is 5.91 Å². The highest BCUT2D eigenvalue weighted by atomic mass is 19.3. The van der Waals surface area contributed by atoms with E-state index in [9.17, 15) is 18.4 Å². The molecule has 0 radical (unpaired) electrons. The Morgan fingerprint density at radius 1 is 1.53 bits per heavy atom. The molecule has 0 saturated heterocycles. The van der Waals surface area contributed by atoms with Gasteiger partial charge in [-0.2, -0.15) is 5.10 Å². The SMILES string of the molecule is O=C(NCCOCC(F)F)c1ccc(=O)[nH]n1. The Kier molecular flexibility index (Phi) is 5.21. The van der Waals surface area contributed by atoms with Gasteiger partial charge in [-0.15, -0.1) is 0 Å². The summed E-state index contributed by atoms with van der Waals surface area (Å²) in [6.07, 6.45) is -2.52. The van der Waals surface area contributed by atoms with Crippen LogP contribution in [0.1, 0.15) is 10.5 Å². The number of halogens is 2. The van der Waals surface area contributed by atoms with Gasteiger partial charge in [0.15, 0.2) is 0 Å². The van der Waals surface area contributed by atoms with E-state index in [1.54, 1.807) is 0 Å². The van der Waals surface area contributed by atoms with Gasteiger partial charge >= 0.3 is 0 Å². The molecule has 0 aliphatic heterocycles. The van der Waals surface area contributed by atoms with Crippen molar-refractivity contribution in [2.24, 2.45) is 0 Å². The molecule has 1 aromatic rings. The summed E-state index contributed by atoms with van der Waals surface area (Å²) in [7, 11) is 0. The summed E-state index contributed by atoms with van der Waals surface area (Å²) in [6, 6.07) is 2.42. The highest BCUT2D eigenvalue weighted by Crippen LogP contribution is 1.92. The number of nitrogens with zero attached hydrogens (tertiary/aromatic N) is 1. The molecule has 1 amide bonds. The van der Waals surface area contributed by atoms with Gasteiger partial charge in [0.25, 0.3) is 17.9 Å². The number of rotatable bonds is 6. The van der Waals surface area contributed by atoms with Gasteiger partial charge in [-0.3, -0.25) is 9.59 Å². The van der Waals surface area contributed by atoms with Gasteiger partial charge < -0.3 is 10.1 Å². The Hall–Kier alpha value is -1.83. The van der Waals surface area contributed by atoms with Gasteiger partial charge in [0.1, 0.15) is 12.3 Å². The Balaban J connectivity index is 2.26. The van der Waals surface area contributed by atoms with Crippen LogP contribution in [0.25, 0.3) is 0 Å². The molecule has 8 heteroatoms. The van der Waals surface area contributed by atoms with E-state index < -0.39 is 24.5 Å². The van der Waals surface area contributed by atoms with Gasteiger partial charge in [-0.05, 0) is 6.07 Å². The summed E-state index contributed by atoms with van der Waals surface area (Å²) in [5.74, 6) is -0.512. The number of amides is 1. The number of carbonyl (C=O) groups is 1. The van der Waals surface area contributed by atoms with Crippen molar-refractivity contribution in [1.82, 2.24) is 15.5 Å². The number of carbonyl (C=O) groups excluding carboxylic acids is 1. The minimum absolute atomic E-state index is 0.0145. The Morgan fingerprint density at radius 2 is 2.29 bits per heavy atom. The number of hydrogen-bond acceptors (Lipinski definition) is 4. The molecule has 2 N–H and O–H groups in total. The Labute approximate surface area is 95.0 Å². The lowest BCUT2D eigenvalue weighted by Crippen LogP contribution is -2.29. The molecule has 1 heterocycles. The first kappa shape index (κ1) is 13.2. The molecule has 0 aromatic carbocycles. The number of H-pyrrole nitrogens is 1. The van der Waals surface area contributed by atoms with Gasteiger partial charge in [0.2, 0.25) is 0 Å². The average molecular weight is 247 g/mol. The summed E-state index contributed by atoms with van der Waals surface area (Å²) >= 11 is 0. The standard InChI is InChI=1S/C9H11F2N3O3/c10-7(11)5-17-4-3-12-9(16)6-1-2-8(15)14-13-6/h1-2,7H,3-5H2,(H,12,16)(H,14,15). The third-order valence-corrected chi connectivity index (χ3v) is 1.69. The van der Waals surface area contributed by atoms with Crippen LogP contribution in [-0.4, -0.2) is 42.3 Å². The third kappa shape index (κ3) is 5.16. The summed E-state index contributed by atoms with van der Waals surface area (Å²) in [5, 5.41) is 7.99. The Bertz CT molecular complexity index is 402. The van der Waals surface area contributed by atoms with E-state index in [1.807, 2.05) is 0 Å². The smallest absolute Gasteiger partial charge is 0.271 e. The summed E-state index contributed by atoms with van der Waals surface area (Å²) in [4.78, 5) is 22.0. The van der Waals surface area contributed by atoms with E-state index in [2.05, 4.69) is 20.3 Å². The fourth-order valence-corrected chi connectivity index (χ4v) is 0.971. The van der Waals surface area contributed by atoms with Crippen LogP contribution in [0, 0.1) is 0 Å². The van der Waals surface area contributed by atoms with E-state index in [0.29, 0.717) is 0 Å². The lowest BCUT2D eigenvalue weighted by Gasteiger charge is -2.05. The molecule has 0 saturated carbocycles. The summed E-state index contributed by atoms with van der Waals surface area (Å²) < 4.78 is 27.9. The number of alkyl halides is 2. The number of aromatic nitrogens is 2. The fraction of sp³-hybridized carbons (Fsp3) is 0.444. The van der Waals surface area contributed by atoms with Crippen molar-refractivity contribution < 1.29 is 18.3 Å². The van der Waals surface area contributed by atoms with Crippen LogP contribution in [0.2, 0.25) is 0 Å². The normalized spacial score (nSPS) is 10.5. The monoisotopic (exact) mass is 247 g/mol. The molecule has 0 fully saturated rings. The van der Waals surface area contributed by atoms with Crippen LogP contribution in [0.15, 0.2) is 16.9 Å². The maximum absolute atomic E-state index is 11.7. The highest BCUT2D eigenvalue weighted by molar-refractivity contribution is 5.91. The summed E-state index contributed by atoms with van der Waals surface area (Å²) in [5.41, 5.74) is -0.375. The molecule has 0 aliphatic carbocycles. The lowest BCUT2D eigenvalue weighted by molar-refractivity contribution is 0.0188. The van der Waals surface area contributed by atoms with Gasteiger partial charge in [-0.25, -0.2) is 13.9 Å².